The highest BCUT2D eigenvalue weighted by atomic mass is 79.9. The standard InChI is InChI=1S/C12H12Br2N2O2S2/c1-16(6-8-4-12(14)19-7-8)20(17,18)11-3-2-9(13)5-10(11)15/h2-5,7H,6,15H2,1H3. The van der Waals surface area contributed by atoms with Crippen molar-refractivity contribution in [2.24, 2.45) is 0 Å². The summed E-state index contributed by atoms with van der Waals surface area (Å²) in [5, 5.41) is 1.92. The molecule has 1 aromatic carbocycles. The summed E-state index contributed by atoms with van der Waals surface area (Å²) in [6.45, 7) is 0.305. The van der Waals surface area contributed by atoms with Gasteiger partial charge in [0.25, 0.3) is 0 Å². The number of nitrogens with two attached hydrogens (primary N) is 1. The maximum absolute atomic E-state index is 12.5. The summed E-state index contributed by atoms with van der Waals surface area (Å²) in [6.07, 6.45) is 0. The molecule has 0 aliphatic heterocycles. The molecule has 2 N–H and O–H groups in total. The zero-order valence-corrected chi connectivity index (χ0v) is 15.3. The van der Waals surface area contributed by atoms with Gasteiger partial charge in [-0.1, -0.05) is 15.9 Å². The first-order valence-corrected chi connectivity index (χ1v) is 9.45. The third-order valence-corrected chi connectivity index (χ3v) is 6.61. The van der Waals surface area contributed by atoms with Gasteiger partial charge in [-0.2, -0.15) is 4.31 Å². The molecule has 0 aliphatic carbocycles. The Kier molecular flexibility index (Phi) is 4.91. The van der Waals surface area contributed by atoms with Gasteiger partial charge in [-0.25, -0.2) is 8.42 Å². The fourth-order valence-corrected chi connectivity index (χ4v) is 4.52. The Hall–Kier alpha value is -0.410. The normalized spacial score (nSPS) is 12.0. The molecule has 2 rings (SSSR count). The number of thiophene rings is 1. The van der Waals surface area contributed by atoms with Crippen LogP contribution < -0.4 is 5.73 Å². The molecule has 0 aliphatic rings. The monoisotopic (exact) mass is 438 g/mol. The second-order valence-corrected chi connectivity index (χ2v) is 9.42. The average Bonchev–Trinajstić information content (AvgIpc) is 2.74. The molecule has 0 amide bonds. The molecule has 0 bridgehead atoms. The first kappa shape index (κ1) is 16.0. The lowest BCUT2D eigenvalue weighted by molar-refractivity contribution is 0.467. The van der Waals surface area contributed by atoms with E-state index >= 15 is 0 Å². The van der Waals surface area contributed by atoms with Gasteiger partial charge in [0.05, 0.1) is 9.47 Å². The van der Waals surface area contributed by atoms with E-state index in [1.165, 1.54) is 21.7 Å². The van der Waals surface area contributed by atoms with E-state index in [1.807, 2.05) is 11.4 Å². The minimum Gasteiger partial charge on any atom is -0.398 e. The van der Waals surface area contributed by atoms with Gasteiger partial charge in [-0.05, 0) is 51.1 Å². The SMILES string of the molecule is CN(Cc1csc(Br)c1)S(=O)(=O)c1ccc(Br)cc1N. The molecule has 1 heterocycles. The van der Waals surface area contributed by atoms with Crippen molar-refractivity contribution in [2.75, 3.05) is 12.8 Å². The Balaban J connectivity index is 2.29. The van der Waals surface area contributed by atoms with Crippen LogP contribution in [0.3, 0.4) is 0 Å². The van der Waals surface area contributed by atoms with Crippen molar-refractivity contribution in [1.29, 1.82) is 0 Å². The van der Waals surface area contributed by atoms with Crippen LogP contribution in [0.25, 0.3) is 0 Å². The highest BCUT2D eigenvalue weighted by Crippen LogP contribution is 2.27. The van der Waals surface area contributed by atoms with Gasteiger partial charge in [-0.15, -0.1) is 11.3 Å². The first-order chi connectivity index (χ1) is 9.30. The Morgan fingerprint density at radius 2 is 2.00 bits per heavy atom. The largest absolute Gasteiger partial charge is 0.398 e. The van der Waals surface area contributed by atoms with Gasteiger partial charge < -0.3 is 5.73 Å². The molecule has 108 valence electrons. The van der Waals surface area contributed by atoms with Gasteiger partial charge in [0, 0.05) is 18.1 Å². The molecule has 0 radical (unpaired) electrons. The molecule has 0 atom stereocenters. The highest BCUT2D eigenvalue weighted by Gasteiger charge is 2.23. The topological polar surface area (TPSA) is 63.4 Å². The van der Waals surface area contributed by atoms with Gasteiger partial charge >= 0.3 is 0 Å². The van der Waals surface area contributed by atoms with E-state index in [4.69, 9.17) is 5.73 Å². The van der Waals surface area contributed by atoms with Crippen LogP contribution >= 0.6 is 43.2 Å². The van der Waals surface area contributed by atoms with Crippen molar-refractivity contribution in [2.45, 2.75) is 11.4 Å². The van der Waals surface area contributed by atoms with Crippen molar-refractivity contribution in [1.82, 2.24) is 4.31 Å². The van der Waals surface area contributed by atoms with Crippen LogP contribution in [0.5, 0.6) is 0 Å². The lowest BCUT2D eigenvalue weighted by atomic mass is 10.3. The van der Waals surface area contributed by atoms with Crippen molar-refractivity contribution in [3.05, 3.63) is 43.5 Å². The Bertz CT molecular complexity index is 729. The van der Waals surface area contributed by atoms with Crippen LogP contribution in [0.15, 0.2) is 42.8 Å². The minimum atomic E-state index is -3.60. The van der Waals surface area contributed by atoms with Crippen LogP contribution in [0, 0.1) is 0 Å². The van der Waals surface area contributed by atoms with E-state index in [9.17, 15) is 8.42 Å². The maximum Gasteiger partial charge on any atom is 0.245 e. The molecule has 8 heteroatoms. The number of halogens is 2. The highest BCUT2D eigenvalue weighted by molar-refractivity contribution is 9.11. The first-order valence-electron chi connectivity index (χ1n) is 5.55. The second-order valence-electron chi connectivity index (χ2n) is 4.20. The third-order valence-electron chi connectivity index (χ3n) is 2.69. The molecular formula is C12H12Br2N2O2S2. The van der Waals surface area contributed by atoms with E-state index < -0.39 is 10.0 Å². The Labute approximate surface area is 138 Å². The van der Waals surface area contributed by atoms with Gasteiger partial charge in [0.15, 0.2) is 0 Å². The molecule has 2 aromatic rings. The number of sulfonamides is 1. The number of anilines is 1. The average molecular weight is 440 g/mol. The summed E-state index contributed by atoms with van der Waals surface area (Å²) >= 11 is 8.15. The van der Waals surface area contributed by atoms with E-state index in [0.29, 0.717) is 6.54 Å². The molecule has 1 aromatic heterocycles. The second kappa shape index (κ2) is 6.15. The van der Waals surface area contributed by atoms with Crippen LogP contribution in [-0.4, -0.2) is 19.8 Å². The predicted molar refractivity (Wildman–Crippen MR) is 89.2 cm³/mol. The number of nitrogen functional groups attached to an aromatic ring is 1. The number of benzene rings is 1. The van der Waals surface area contributed by atoms with E-state index in [-0.39, 0.29) is 10.6 Å². The lowest BCUT2D eigenvalue weighted by Crippen LogP contribution is -2.27. The smallest absolute Gasteiger partial charge is 0.245 e. The number of hydrogen-bond donors (Lipinski definition) is 1. The van der Waals surface area contributed by atoms with E-state index in [1.54, 1.807) is 19.2 Å². The van der Waals surface area contributed by atoms with Gasteiger partial charge in [-0.3, -0.25) is 0 Å². The maximum atomic E-state index is 12.5. The summed E-state index contributed by atoms with van der Waals surface area (Å²) in [7, 11) is -2.05. The minimum absolute atomic E-state index is 0.123. The van der Waals surface area contributed by atoms with E-state index in [2.05, 4.69) is 31.9 Å². The van der Waals surface area contributed by atoms with Gasteiger partial charge in [0.2, 0.25) is 10.0 Å². The number of hydrogen-bond acceptors (Lipinski definition) is 4. The molecule has 0 unspecified atom stereocenters. The van der Waals surface area contributed by atoms with Crippen LogP contribution in [0.2, 0.25) is 0 Å². The fraction of sp³-hybridized carbons (Fsp3) is 0.167. The third kappa shape index (κ3) is 3.43. The molecule has 0 saturated carbocycles. The van der Waals surface area contributed by atoms with Crippen molar-refractivity contribution in [3.8, 4) is 0 Å². The lowest BCUT2D eigenvalue weighted by Gasteiger charge is -2.17. The predicted octanol–water partition coefficient (Wildman–Crippen LogP) is 3.68. The summed E-state index contributed by atoms with van der Waals surface area (Å²) in [5.74, 6) is 0. The summed E-state index contributed by atoms with van der Waals surface area (Å²) in [5.41, 5.74) is 6.97. The molecule has 20 heavy (non-hydrogen) atoms. The zero-order valence-electron chi connectivity index (χ0n) is 10.5. The Morgan fingerprint density at radius 1 is 1.30 bits per heavy atom. The van der Waals surface area contributed by atoms with Crippen molar-refractivity contribution < 1.29 is 8.42 Å². The molecular weight excluding hydrogens is 428 g/mol. The molecule has 0 saturated heterocycles. The number of rotatable bonds is 4. The quantitative estimate of drug-likeness (QED) is 0.739. The van der Waals surface area contributed by atoms with Crippen LogP contribution in [-0.2, 0) is 16.6 Å². The van der Waals surface area contributed by atoms with Crippen molar-refractivity contribution >= 4 is 58.9 Å². The van der Waals surface area contributed by atoms with Gasteiger partial charge in [0.1, 0.15) is 4.90 Å². The summed E-state index contributed by atoms with van der Waals surface area (Å²) < 4.78 is 28.0. The molecule has 4 nitrogen and oxygen atoms in total. The summed E-state index contributed by atoms with van der Waals surface area (Å²) in [6, 6.07) is 6.66. The van der Waals surface area contributed by atoms with Crippen LogP contribution in [0.4, 0.5) is 5.69 Å². The summed E-state index contributed by atoms with van der Waals surface area (Å²) in [4.78, 5) is 0.123. The molecule has 0 spiro atoms. The fourth-order valence-electron chi connectivity index (χ4n) is 1.69. The van der Waals surface area contributed by atoms with E-state index in [0.717, 1.165) is 13.8 Å². The Morgan fingerprint density at radius 3 is 2.55 bits per heavy atom. The number of nitrogens with zero attached hydrogens (tertiary/aromatic N) is 1. The zero-order chi connectivity index (χ0) is 14.9. The van der Waals surface area contributed by atoms with Crippen molar-refractivity contribution in [3.63, 3.8) is 0 Å². The molecule has 0 fully saturated rings. The van der Waals surface area contributed by atoms with Crippen LogP contribution in [0.1, 0.15) is 5.56 Å².